The van der Waals surface area contributed by atoms with Crippen molar-refractivity contribution in [2.75, 3.05) is 5.75 Å². The zero-order valence-electron chi connectivity index (χ0n) is 13.4. The van der Waals surface area contributed by atoms with Crippen LogP contribution in [0, 0.1) is 19.8 Å². The summed E-state index contributed by atoms with van der Waals surface area (Å²) in [7, 11) is 0. The highest BCUT2D eigenvalue weighted by Crippen LogP contribution is 2.42. The average Bonchev–Trinajstić information content (AvgIpc) is 3.22. The smallest absolute Gasteiger partial charge is 0.238 e. The molecule has 0 saturated heterocycles. The second-order valence-corrected chi connectivity index (χ2v) is 7.49. The number of primary amides is 1. The van der Waals surface area contributed by atoms with Gasteiger partial charge in [0.2, 0.25) is 5.91 Å². The van der Waals surface area contributed by atoms with Crippen molar-refractivity contribution >= 4 is 17.7 Å². The molecule has 0 aromatic heterocycles. The first-order chi connectivity index (χ1) is 9.85. The van der Waals surface area contributed by atoms with Crippen LogP contribution in [0.1, 0.15) is 37.8 Å². The van der Waals surface area contributed by atoms with E-state index in [0.29, 0.717) is 11.7 Å². The molecule has 21 heavy (non-hydrogen) atoms. The van der Waals surface area contributed by atoms with Gasteiger partial charge in [0.15, 0.2) is 0 Å². The number of benzene rings is 1. The molecular formula is C17H26N2OS. The minimum Gasteiger partial charge on any atom is -0.368 e. The maximum Gasteiger partial charge on any atom is 0.238 e. The molecule has 3 nitrogen and oxygen atoms in total. The summed E-state index contributed by atoms with van der Waals surface area (Å²) in [6.45, 7) is 8.37. The molecule has 1 unspecified atom stereocenters. The monoisotopic (exact) mass is 306 g/mol. The van der Waals surface area contributed by atoms with Crippen LogP contribution in [-0.2, 0) is 4.79 Å². The second kappa shape index (κ2) is 6.41. The van der Waals surface area contributed by atoms with Gasteiger partial charge in [0, 0.05) is 16.7 Å². The van der Waals surface area contributed by atoms with Crippen LogP contribution in [0.4, 0.5) is 0 Å². The molecule has 1 fully saturated rings. The van der Waals surface area contributed by atoms with Gasteiger partial charge in [-0.25, -0.2) is 0 Å². The molecule has 0 aliphatic heterocycles. The van der Waals surface area contributed by atoms with E-state index in [0.717, 1.165) is 12.8 Å². The van der Waals surface area contributed by atoms with Gasteiger partial charge in [0.25, 0.3) is 0 Å². The summed E-state index contributed by atoms with van der Waals surface area (Å²) in [4.78, 5) is 13.3. The lowest BCUT2D eigenvalue weighted by atomic mass is 9.93. The van der Waals surface area contributed by atoms with Crippen molar-refractivity contribution in [3.8, 4) is 0 Å². The predicted octanol–water partition coefficient (Wildman–Crippen LogP) is 3.03. The van der Waals surface area contributed by atoms with Crippen LogP contribution in [0.25, 0.3) is 0 Å². The Kier molecular flexibility index (Phi) is 4.99. The fourth-order valence-corrected chi connectivity index (χ4v) is 3.99. The quantitative estimate of drug-likeness (QED) is 0.761. The van der Waals surface area contributed by atoms with E-state index >= 15 is 0 Å². The summed E-state index contributed by atoms with van der Waals surface area (Å²) >= 11 is 1.73. The minimum atomic E-state index is -0.572. The van der Waals surface area contributed by atoms with Crippen molar-refractivity contribution in [1.82, 2.24) is 5.32 Å². The van der Waals surface area contributed by atoms with Crippen molar-refractivity contribution in [2.24, 2.45) is 11.7 Å². The van der Waals surface area contributed by atoms with Crippen molar-refractivity contribution in [2.45, 2.75) is 57.0 Å². The lowest BCUT2D eigenvalue weighted by Crippen LogP contribution is -2.61. The number of nitrogens with one attached hydrogen (secondary N) is 1. The molecule has 116 valence electrons. The Labute approximate surface area is 132 Å². The third kappa shape index (κ3) is 3.80. The molecule has 1 atom stereocenters. The number of hydrogen-bond acceptors (Lipinski definition) is 3. The molecule has 0 heterocycles. The van der Waals surface area contributed by atoms with Crippen LogP contribution in [-0.4, -0.2) is 23.2 Å². The van der Waals surface area contributed by atoms with Crippen molar-refractivity contribution in [1.29, 1.82) is 0 Å². The summed E-state index contributed by atoms with van der Waals surface area (Å²) in [6.07, 6.45) is 2.19. The number of aryl methyl sites for hydroxylation is 2. The van der Waals surface area contributed by atoms with Gasteiger partial charge in [0.05, 0.1) is 0 Å². The Morgan fingerprint density at radius 1 is 1.38 bits per heavy atom. The summed E-state index contributed by atoms with van der Waals surface area (Å²) in [5, 5.41) is 3.46. The van der Waals surface area contributed by atoms with Crippen LogP contribution < -0.4 is 11.1 Å². The van der Waals surface area contributed by atoms with Gasteiger partial charge in [-0.15, -0.1) is 11.8 Å². The summed E-state index contributed by atoms with van der Waals surface area (Å²) < 4.78 is 0. The molecule has 1 aliphatic rings. The number of carbonyl (C=O) groups is 1. The van der Waals surface area contributed by atoms with E-state index in [1.165, 1.54) is 16.0 Å². The number of amides is 1. The zero-order chi connectivity index (χ0) is 15.6. The molecule has 1 aromatic carbocycles. The molecule has 4 heteroatoms. The zero-order valence-corrected chi connectivity index (χ0v) is 14.2. The third-order valence-corrected chi connectivity index (χ3v) is 5.39. The Hall–Kier alpha value is -1.00. The highest BCUT2D eigenvalue weighted by molar-refractivity contribution is 7.99. The van der Waals surface area contributed by atoms with E-state index in [4.69, 9.17) is 5.73 Å². The van der Waals surface area contributed by atoms with Gasteiger partial charge >= 0.3 is 0 Å². The molecule has 0 spiro atoms. The number of carbonyl (C=O) groups excluding carboxylic acids is 1. The van der Waals surface area contributed by atoms with Gasteiger partial charge in [-0.2, -0.15) is 0 Å². The van der Waals surface area contributed by atoms with Crippen molar-refractivity contribution in [3.05, 3.63) is 29.3 Å². The Bertz CT molecular complexity index is 526. The molecular weight excluding hydrogens is 280 g/mol. The van der Waals surface area contributed by atoms with Gasteiger partial charge in [-0.3, -0.25) is 4.79 Å². The molecule has 2 rings (SSSR count). The van der Waals surface area contributed by atoms with Crippen LogP contribution in [0.15, 0.2) is 23.1 Å². The Morgan fingerprint density at radius 2 is 2.05 bits per heavy atom. The molecule has 1 aromatic rings. The van der Waals surface area contributed by atoms with E-state index in [9.17, 15) is 4.79 Å². The number of nitrogens with two attached hydrogens (primary N) is 1. The normalized spacial score (nSPS) is 17.8. The molecule has 1 saturated carbocycles. The van der Waals surface area contributed by atoms with Crippen LogP contribution in [0.3, 0.4) is 0 Å². The second-order valence-electron chi connectivity index (χ2n) is 6.44. The first-order valence-electron chi connectivity index (χ1n) is 7.63. The SMILES string of the molecule is Cc1ccc(SCC(NC(C)C)(C(N)=O)C2CC2)cc1C. The first kappa shape index (κ1) is 16.4. The van der Waals surface area contributed by atoms with Gasteiger partial charge in [-0.05, 0) is 69.7 Å². The van der Waals surface area contributed by atoms with Crippen LogP contribution in [0.5, 0.6) is 0 Å². The average molecular weight is 306 g/mol. The highest BCUT2D eigenvalue weighted by atomic mass is 32.2. The predicted molar refractivity (Wildman–Crippen MR) is 89.6 cm³/mol. The maximum absolute atomic E-state index is 12.1. The summed E-state index contributed by atoms with van der Waals surface area (Å²) in [6, 6.07) is 6.70. The standard InChI is InChI=1S/C17H26N2OS/c1-11(2)19-17(16(18)20,14-6-7-14)10-21-15-8-5-12(3)13(4)9-15/h5,8-9,11,14,19H,6-7,10H2,1-4H3,(H2,18,20). The minimum absolute atomic E-state index is 0.213. The topological polar surface area (TPSA) is 55.1 Å². The van der Waals surface area contributed by atoms with Gasteiger partial charge in [-0.1, -0.05) is 6.07 Å². The largest absolute Gasteiger partial charge is 0.368 e. The van der Waals surface area contributed by atoms with Crippen molar-refractivity contribution < 1.29 is 4.79 Å². The number of hydrogen-bond donors (Lipinski definition) is 2. The molecule has 3 N–H and O–H groups in total. The van der Waals surface area contributed by atoms with E-state index in [1.54, 1.807) is 11.8 Å². The maximum atomic E-state index is 12.1. The fraction of sp³-hybridized carbons (Fsp3) is 0.588. The number of rotatable bonds is 7. The van der Waals surface area contributed by atoms with E-state index in [2.05, 4.69) is 51.2 Å². The molecule has 1 aliphatic carbocycles. The highest BCUT2D eigenvalue weighted by Gasteiger charge is 2.49. The van der Waals surface area contributed by atoms with Gasteiger partial charge < -0.3 is 11.1 Å². The van der Waals surface area contributed by atoms with Crippen LogP contribution >= 0.6 is 11.8 Å². The Balaban J connectivity index is 2.14. The molecule has 0 bridgehead atoms. The van der Waals surface area contributed by atoms with Crippen LogP contribution in [0.2, 0.25) is 0 Å². The Morgan fingerprint density at radius 3 is 2.52 bits per heavy atom. The first-order valence-corrected chi connectivity index (χ1v) is 8.61. The van der Waals surface area contributed by atoms with Gasteiger partial charge in [0.1, 0.15) is 5.54 Å². The van der Waals surface area contributed by atoms with Crippen molar-refractivity contribution in [3.63, 3.8) is 0 Å². The summed E-state index contributed by atoms with van der Waals surface area (Å²) in [5.41, 5.74) is 7.77. The lowest BCUT2D eigenvalue weighted by molar-refractivity contribution is -0.124. The number of thioether (sulfide) groups is 1. The third-order valence-electron chi connectivity index (χ3n) is 4.21. The summed E-state index contributed by atoms with van der Waals surface area (Å²) in [5.74, 6) is 0.875. The lowest BCUT2D eigenvalue weighted by Gasteiger charge is -2.34. The van der Waals surface area contributed by atoms with E-state index in [-0.39, 0.29) is 11.9 Å². The molecule has 0 radical (unpaired) electrons. The molecule has 1 amide bonds. The van der Waals surface area contributed by atoms with E-state index < -0.39 is 5.54 Å². The van der Waals surface area contributed by atoms with E-state index in [1.807, 2.05) is 0 Å². The fourth-order valence-electron chi connectivity index (χ4n) is 2.71.